The van der Waals surface area contributed by atoms with Crippen molar-refractivity contribution in [2.75, 3.05) is 19.5 Å². The topological polar surface area (TPSA) is 137 Å². The molecule has 0 unspecified atom stereocenters. The first-order valence-corrected chi connectivity index (χ1v) is 10.9. The summed E-state index contributed by atoms with van der Waals surface area (Å²) < 4.78 is 21.8. The summed E-state index contributed by atoms with van der Waals surface area (Å²) in [7, 11) is 1.39. The second-order valence-electron chi connectivity index (χ2n) is 7.80. The Morgan fingerprint density at radius 1 is 1.31 bits per heavy atom. The molecule has 0 saturated carbocycles. The third kappa shape index (κ3) is 4.81. The summed E-state index contributed by atoms with van der Waals surface area (Å²) in [5.41, 5.74) is 6.75. The minimum absolute atomic E-state index is 0.0386. The first-order chi connectivity index (χ1) is 16.7. The number of amides is 1. The molecule has 0 saturated heterocycles. The van der Waals surface area contributed by atoms with Crippen molar-refractivity contribution in [3.05, 3.63) is 75.8 Å². The van der Waals surface area contributed by atoms with Crippen molar-refractivity contribution in [2.45, 2.75) is 19.0 Å². The molecule has 3 aromatic heterocycles. The number of aliphatic hydroxyl groups is 1. The van der Waals surface area contributed by atoms with Gasteiger partial charge in [0.1, 0.15) is 23.1 Å². The highest BCUT2D eigenvalue weighted by Crippen LogP contribution is 2.27. The third-order valence-corrected chi connectivity index (χ3v) is 5.83. The molecule has 10 nitrogen and oxygen atoms in total. The number of hydrogen-bond acceptors (Lipinski definition) is 7. The van der Waals surface area contributed by atoms with E-state index in [0.717, 1.165) is 0 Å². The van der Waals surface area contributed by atoms with Gasteiger partial charge in [0.2, 0.25) is 11.9 Å². The minimum atomic E-state index is -0.936. The maximum Gasteiger partial charge on any atom is 0.275 e. The zero-order chi connectivity index (χ0) is 25.3. The van der Waals surface area contributed by atoms with E-state index < -0.39 is 36.0 Å². The number of hydrogen-bond donors (Lipinski definition) is 3. The highest BCUT2D eigenvalue weighted by atomic mass is 35.5. The van der Waals surface area contributed by atoms with Gasteiger partial charge in [-0.2, -0.15) is 0 Å². The lowest BCUT2D eigenvalue weighted by Gasteiger charge is -2.21. The average Bonchev–Trinajstić information content (AvgIpc) is 3.28. The zero-order valence-corrected chi connectivity index (χ0v) is 19.5. The van der Waals surface area contributed by atoms with E-state index in [4.69, 9.17) is 22.1 Å². The summed E-state index contributed by atoms with van der Waals surface area (Å²) in [6.07, 6.45) is 6.12. The molecule has 1 amide bonds. The molecule has 12 heteroatoms. The summed E-state index contributed by atoms with van der Waals surface area (Å²) in [6, 6.07) is 3.64. The monoisotopic (exact) mass is 500 g/mol. The van der Waals surface area contributed by atoms with Crippen molar-refractivity contribution >= 4 is 29.0 Å². The Morgan fingerprint density at radius 3 is 2.80 bits per heavy atom. The van der Waals surface area contributed by atoms with Crippen LogP contribution in [-0.2, 0) is 4.79 Å². The highest BCUT2D eigenvalue weighted by molar-refractivity contribution is 6.32. The lowest BCUT2D eigenvalue weighted by atomic mass is 10.1. The zero-order valence-electron chi connectivity index (χ0n) is 18.8. The van der Waals surface area contributed by atoms with E-state index in [9.17, 15) is 19.1 Å². The molecule has 0 aliphatic rings. The number of aliphatic hydroxyl groups excluding tert-OH is 1. The van der Waals surface area contributed by atoms with Crippen molar-refractivity contribution < 1.29 is 19.0 Å². The molecule has 4 rings (SSSR count). The van der Waals surface area contributed by atoms with Crippen LogP contribution in [-0.4, -0.2) is 43.7 Å². The molecular weight excluding hydrogens is 479 g/mol. The SMILES string of the molecule is COc1cc(F)cc([C@@H](CO)NC(=O)[C@@H](C)n2ccn3cc(-c4nc(N)ncc4Cl)cc3c2=O)c1. The van der Waals surface area contributed by atoms with Crippen LogP contribution in [0.3, 0.4) is 0 Å². The number of fused-ring (bicyclic) bond motifs is 1. The lowest BCUT2D eigenvalue weighted by molar-refractivity contribution is -0.125. The van der Waals surface area contributed by atoms with E-state index in [1.807, 2.05) is 0 Å². The molecule has 2 atom stereocenters. The number of carbonyl (C=O) groups excluding carboxylic acids is 1. The number of nitrogens with one attached hydrogen (secondary N) is 1. The van der Waals surface area contributed by atoms with Crippen molar-refractivity contribution in [1.82, 2.24) is 24.3 Å². The first-order valence-electron chi connectivity index (χ1n) is 10.5. The average molecular weight is 501 g/mol. The van der Waals surface area contributed by atoms with Crippen LogP contribution in [0.4, 0.5) is 10.3 Å². The standard InChI is InChI=1S/C23H22ClFN6O4/c1-12(21(33)28-18(11-32)13-5-15(25)8-16(6-13)35-2)31-4-3-30-10-14(7-19(30)22(31)34)20-17(24)9-27-23(26)29-20/h3-10,12,18,32H,11H2,1-2H3,(H,28,33)(H2,26,27,29)/t12-,18-/m1/s1. The lowest BCUT2D eigenvalue weighted by Crippen LogP contribution is -2.39. The van der Waals surface area contributed by atoms with Crippen LogP contribution < -0.4 is 21.3 Å². The van der Waals surface area contributed by atoms with E-state index in [0.29, 0.717) is 16.8 Å². The second kappa shape index (κ2) is 9.72. The number of ether oxygens (including phenoxy) is 1. The molecule has 4 aromatic rings. The molecule has 0 radical (unpaired) electrons. The summed E-state index contributed by atoms with van der Waals surface area (Å²) in [6.45, 7) is 1.06. The molecule has 1 aromatic carbocycles. The number of rotatable bonds is 7. The molecule has 35 heavy (non-hydrogen) atoms. The number of nitrogens with two attached hydrogens (primary N) is 1. The van der Waals surface area contributed by atoms with E-state index in [1.165, 1.54) is 42.3 Å². The summed E-state index contributed by atoms with van der Waals surface area (Å²) in [5, 5.41) is 12.7. The number of aromatic nitrogens is 4. The van der Waals surface area contributed by atoms with Crippen molar-refractivity contribution in [3.63, 3.8) is 0 Å². The largest absolute Gasteiger partial charge is 0.497 e. The van der Waals surface area contributed by atoms with E-state index >= 15 is 0 Å². The van der Waals surface area contributed by atoms with Gasteiger partial charge in [0.15, 0.2) is 0 Å². The summed E-state index contributed by atoms with van der Waals surface area (Å²) in [5.74, 6) is -0.831. The fourth-order valence-electron chi connectivity index (χ4n) is 3.69. The fourth-order valence-corrected chi connectivity index (χ4v) is 3.89. The van der Waals surface area contributed by atoms with Gasteiger partial charge in [0.25, 0.3) is 5.56 Å². The molecule has 0 aliphatic heterocycles. The molecule has 0 bridgehead atoms. The van der Waals surface area contributed by atoms with Gasteiger partial charge in [-0.15, -0.1) is 0 Å². The number of halogens is 2. The molecule has 4 N–H and O–H groups in total. The van der Waals surface area contributed by atoms with E-state index in [2.05, 4.69) is 15.3 Å². The third-order valence-electron chi connectivity index (χ3n) is 5.55. The molecule has 0 spiro atoms. The number of carbonyl (C=O) groups is 1. The van der Waals surface area contributed by atoms with E-state index in [1.54, 1.807) is 29.8 Å². The Kier molecular flexibility index (Phi) is 6.72. The molecule has 0 aliphatic carbocycles. The molecular formula is C23H22ClFN6O4. The second-order valence-corrected chi connectivity index (χ2v) is 8.21. The van der Waals surface area contributed by atoms with Crippen LogP contribution in [0.15, 0.2) is 53.8 Å². The summed E-state index contributed by atoms with van der Waals surface area (Å²) >= 11 is 6.19. The minimum Gasteiger partial charge on any atom is -0.497 e. The number of nitrogens with zero attached hydrogens (tertiary/aromatic N) is 4. The van der Waals surface area contributed by atoms with Crippen LogP contribution in [0.5, 0.6) is 5.75 Å². The number of anilines is 1. The predicted molar refractivity (Wildman–Crippen MR) is 128 cm³/mol. The Labute approximate surface area is 203 Å². The number of methoxy groups -OCH3 is 1. The van der Waals surface area contributed by atoms with Crippen LogP contribution in [0.2, 0.25) is 5.02 Å². The number of benzene rings is 1. The molecule has 3 heterocycles. The van der Waals surface area contributed by atoms with Gasteiger partial charge in [-0.25, -0.2) is 14.4 Å². The fraction of sp³-hybridized carbons (Fsp3) is 0.217. The van der Waals surface area contributed by atoms with Crippen molar-refractivity contribution in [3.8, 4) is 17.0 Å². The van der Waals surface area contributed by atoms with Crippen molar-refractivity contribution in [2.24, 2.45) is 0 Å². The van der Waals surface area contributed by atoms with Gasteiger partial charge in [-0.1, -0.05) is 11.6 Å². The van der Waals surface area contributed by atoms with Crippen molar-refractivity contribution in [1.29, 1.82) is 0 Å². The maximum atomic E-state index is 13.9. The predicted octanol–water partition coefficient (Wildman–Crippen LogP) is 2.35. The van der Waals surface area contributed by atoms with E-state index in [-0.39, 0.29) is 22.2 Å². The van der Waals surface area contributed by atoms with Gasteiger partial charge < -0.3 is 29.9 Å². The van der Waals surface area contributed by atoms with Gasteiger partial charge >= 0.3 is 0 Å². The van der Waals surface area contributed by atoms with Gasteiger partial charge in [-0.3, -0.25) is 9.59 Å². The van der Waals surface area contributed by atoms with Crippen LogP contribution in [0.1, 0.15) is 24.6 Å². The van der Waals surface area contributed by atoms with Crippen LogP contribution in [0, 0.1) is 5.82 Å². The highest BCUT2D eigenvalue weighted by Gasteiger charge is 2.23. The Bertz CT molecular complexity index is 1470. The van der Waals surface area contributed by atoms with Gasteiger partial charge in [0.05, 0.1) is 36.7 Å². The molecule has 182 valence electrons. The first kappa shape index (κ1) is 24.2. The Balaban J connectivity index is 1.63. The van der Waals surface area contributed by atoms with Gasteiger partial charge in [0, 0.05) is 30.2 Å². The smallest absolute Gasteiger partial charge is 0.275 e. The summed E-state index contributed by atoms with van der Waals surface area (Å²) in [4.78, 5) is 34.1. The quantitative estimate of drug-likeness (QED) is 0.354. The Hall–Kier alpha value is -3.96. The van der Waals surface area contributed by atoms with Gasteiger partial charge in [-0.05, 0) is 30.7 Å². The normalized spacial score (nSPS) is 12.9. The maximum absolute atomic E-state index is 13.9. The van der Waals surface area contributed by atoms with Crippen LogP contribution >= 0.6 is 11.6 Å². The van der Waals surface area contributed by atoms with Crippen LogP contribution in [0.25, 0.3) is 16.8 Å². The number of nitrogen functional groups attached to an aromatic ring is 1. The molecule has 0 fully saturated rings. The Morgan fingerprint density at radius 2 is 2.09 bits per heavy atom.